The molecule has 1 fully saturated rings. The number of halogens is 1. The second-order valence-electron chi connectivity index (χ2n) is 5.11. The van der Waals surface area contributed by atoms with Gasteiger partial charge in [-0.3, -0.25) is 0 Å². The van der Waals surface area contributed by atoms with Crippen LogP contribution in [0.15, 0.2) is 12.1 Å². The first-order valence-electron chi connectivity index (χ1n) is 6.74. The van der Waals surface area contributed by atoms with E-state index >= 15 is 0 Å². The monoisotopic (exact) mass is 296 g/mol. The number of ether oxygens (including phenoxy) is 1. The molecule has 0 amide bonds. The summed E-state index contributed by atoms with van der Waals surface area (Å²) in [4.78, 5) is 0. The fourth-order valence-electron chi connectivity index (χ4n) is 2.92. The molecule has 1 aliphatic rings. The van der Waals surface area contributed by atoms with E-state index in [1.54, 1.807) is 12.1 Å². The van der Waals surface area contributed by atoms with Crippen LogP contribution in [-0.2, 0) is 0 Å². The molecule has 20 heavy (non-hydrogen) atoms. The average Bonchev–Trinajstić information content (AvgIpc) is 2.47. The third-order valence-corrected chi connectivity index (χ3v) is 4.01. The fourth-order valence-corrected chi connectivity index (χ4v) is 2.92. The number of phenolic OH excluding ortho intramolecular Hbond substituents is 1. The van der Waals surface area contributed by atoms with Crippen LogP contribution in [0.3, 0.4) is 0 Å². The van der Waals surface area contributed by atoms with Crippen LogP contribution in [0, 0.1) is 17.2 Å². The normalized spacial score (nSPS) is 16.9. The molecule has 3 N–H and O–H groups in total. The molecule has 0 aliphatic heterocycles. The van der Waals surface area contributed by atoms with Gasteiger partial charge in [0.1, 0.15) is 0 Å². The van der Waals surface area contributed by atoms with E-state index in [0.29, 0.717) is 22.8 Å². The van der Waals surface area contributed by atoms with E-state index in [-0.39, 0.29) is 24.2 Å². The van der Waals surface area contributed by atoms with Crippen molar-refractivity contribution in [2.24, 2.45) is 11.7 Å². The molecular weight excluding hydrogens is 276 g/mol. The molecular formula is C15H21ClN2O2. The topological polar surface area (TPSA) is 79.3 Å². The molecule has 0 spiro atoms. The second-order valence-corrected chi connectivity index (χ2v) is 5.11. The Morgan fingerprint density at radius 3 is 2.55 bits per heavy atom. The molecule has 0 heterocycles. The van der Waals surface area contributed by atoms with Crippen LogP contribution < -0.4 is 10.5 Å². The number of nitrogens with two attached hydrogens (primary N) is 1. The summed E-state index contributed by atoms with van der Waals surface area (Å²) in [6.45, 7) is 0. The van der Waals surface area contributed by atoms with Gasteiger partial charge in [0.05, 0.1) is 18.7 Å². The van der Waals surface area contributed by atoms with Gasteiger partial charge in [0, 0.05) is 11.6 Å². The molecule has 0 unspecified atom stereocenters. The summed E-state index contributed by atoms with van der Waals surface area (Å²) in [5.41, 5.74) is 7.28. The van der Waals surface area contributed by atoms with Gasteiger partial charge in [0.15, 0.2) is 11.5 Å². The third-order valence-electron chi connectivity index (χ3n) is 4.01. The molecule has 1 aromatic rings. The Bertz CT molecular complexity index is 493. The largest absolute Gasteiger partial charge is 0.504 e. The van der Waals surface area contributed by atoms with Crippen LogP contribution >= 0.6 is 12.4 Å². The van der Waals surface area contributed by atoms with Crippen molar-refractivity contribution in [3.05, 3.63) is 23.3 Å². The van der Waals surface area contributed by atoms with Gasteiger partial charge in [-0.2, -0.15) is 5.26 Å². The highest BCUT2D eigenvalue weighted by Crippen LogP contribution is 2.41. The third kappa shape index (κ3) is 3.17. The standard InChI is InChI=1S/C15H20N2O2.ClH/c1-19-12-8-7-11(9-16)13(15(12)18)14(17)10-5-3-2-4-6-10;/h7-8,10,14,18H,2-6,17H2,1H3;1H/t14-;/m1./s1. The highest BCUT2D eigenvalue weighted by atomic mass is 35.5. The van der Waals surface area contributed by atoms with E-state index in [9.17, 15) is 10.4 Å². The number of aromatic hydroxyl groups is 1. The van der Waals surface area contributed by atoms with Crippen molar-refractivity contribution >= 4 is 12.4 Å². The minimum atomic E-state index is -0.301. The molecule has 0 bridgehead atoms. The zero-order chi connectivity index (χ0) is 13.8. The Morgan fingerprint density at radius 2 is 2.00 bits per heavy atom. The number of hydrogen-bond donors (Lipinski definition) is 2. The Kier molecular flexibility index (Phi) is 6.12. The molecule has 1 aliphatic carbocycles. The van der Waals surface area contributed by atoms with Crippen LogP contribution in [0.2, 0.25) is 0 Å². The molecule has 5 heteroatoms. The number of methoxy groups -OCH3 is 1. The van der Waals surface area contributed by atoms with Crippen molar-refractivity contribution < 1.29 is 9.84 Å². The predicted molar refractivity (Wildman–Crippen MR) is 80.1 cm³/mol. The first-order chi connectivity index (χ1) is 9.19. The lowest BCUT2D eigenvalue weighted by molar-refractivity contribution is 0.299. The van der Waals surface area contributed by atoms with Gasteiger partial charge in [-0.05, 0) is 30.9 Å². The lowest BCUT2D eigenvalue weighted by Gasteiger charge is -2.29. The first kappa shape index (κ1) is 16.6. The maximum Gasteiger partial charge on any atom is 0.163 e. The average molecular weight is 297 g/mol. The molecule has 0 saturated heterocycles. The molecule has 1 saturated carbocycles. The van der Waals surface area contributed by atoms with E-state index in [1.807, 2.05) is 0 Å². The SMILES string of the molecule is COc1ccc(C#N)c([C@H](N)C2CCCCC2)c1O.Cl. The number of nitriles is 1. The smallest absolute Gasteiger partial charge is 0.163 e. The van der Waals surface area contributed by atoms with Gasteiger partial charge in [-0.15, -0.1) is 12.4 Å². The molecule has 0 radical (unpaired) electrons. The molecule has 0 aromatic heterocycles. The minimum Gasteiger partial charge on any atom is -0.504 e. The summed E-state index contributed by atoms with van der Waals surface area (Å²) in [5.74, 6) is 0.721. The fraction of sp³-hybridized carbons (Fsp3) is 0.533. The Balaban J connectivity index is 0.00000200. The number of nitrogens with zero attached hydrogens (tertiary/aromatic N) is 1. The van der Waals surface area contributed by atoms with Crippen molar-refractivity contribution in [3.63, 3.8) is 0 Å². The van der Waals surface area contributed by atoms with E-state index in [1.165, 1.54) is 26.4 Å². The van der Waals surface area contributed by atoms with Crippen molar-refractivity contribution in [3.8, 4) is 17.6 Å². The molecule has 2 rings (SSSR count). The van der Waals surface area contributed by atoms with Gasteiger partial charge >= 0.3 is 0 Å². The van der Waals surface area contributed by atoms with E-state index < -0.39 is 0 Å². The van der Waals surface area contributed by atoms with Gasteiger partial charge in [0.2, 0.25) is 0 Å². The summed E-state index contributed by atoms with van der Waals surface area (Å²) >= 11 is 0. The van der Waals surface area contributed by atoms with Crippen molar-refractivity contribution in [1.82, 2.24) is 0 Å². The van der Waals surface area contributed by atoms with Gasteiger partial charge in [-0.25, -0.2) is 0 Å². The zero-order valence-corrected chi connectivity index (χ0v) is 12.4. The molecule has 110 valence electrons. The molecule has 4 nitrogen and oxygen atoms in total. The molecule has 1 atom stereocenters. The lowest BCUT2D eigenvalue weighted by atomic mass is 9.80. The number of rotatable bonds is 3. The Morgan fingerprint density at radius 1 is 1.35 bits per heavy atom. The predicted octanol–water partition coefficient (Wildman–Crippen LogP) is 3.27. The zero-order valence-electron chi connectivity index (χ0n) is 11.6. The van der Waals surface area contributed by atoms with Crippen molar-refractivity contribution in [2.45, 2.75) is 38.1 Å². The highest BCUT2D eigenvalue weighted by molar-refractivity contribution is 5.85. The Hall–Kier alpha value is -1.44. The lowest BCUT2D eigenvalue weighted by Crippen LogP contribution is -2.24. The van der Waals surface area contributed by atoms with E-state index in [0.717, 1.165) is 12.8 Å². The first-order valence-corrected chi connectivity index (χ1v) is 6.74. The Labute approximate surface area is 126 Å². The van der Waals surface area contributed by atoms with Gasteiger partial charge in [-0.1, -0.05) is 19.3 Å². The van der Waals surface area contributed by atoms with Crippen LogP contribution in [0.5, 0.6) is 11.5 Å². The highest BCUT2D eigenvalue weighted by Gasteiger charge is 2.27. The maximum atomic E-state index is 10.2. The van der Waals surface area contributed by atoms with Crippen molar-refractivity contribution in [1.29, 1.82) is 5.26 Å². The summed E-state index contributed by atoms with van der Waals surface area (Å²) in [7, 11) is 1.50. The summed E-state index contributed by atoms with van der Waals surface area (Å²) in [6, 6.07) is 5.08. The second kappa shape index (κ2) is 7.37. The summed E-state index contributed by atoms with van der Waals surface area (Å²) < 4.78 is 5.11. The minimum absolute atomic E-state index is 0. The quantitative estimate of drug-likeness (QED) is 0.897. The summed E-state index contributed by atoms with van der Waals surface area (Å²) in [5, 5.41) is 19.4. The van der Waals surface area contributed by atoms with Crippen LogP contribution in [-0.4, -0.2) is 12.2 Å². The van der Waals surface area contributed by atoms with E-state index in [4.69, 9.17) is 10.5 Å². The van der Waals surface area contributed by atoms with E-state index in [2.05, 4.69) is 6.07 Å². The summed E-state index contributed by atoms with van der Waals surface area (Å²) in [6.07, 6.45) is 5.71. The maximum absolute atomic E-state index is 10.2. The van der Waals surface area contributed by atoms with Gasteiger partial charge < -0.3 is 15.6 Å². The van der Waals surface area contributed by atoms with Gasteiger partial charge in [0.25, 0.3) is 0 Å². The number of benzene rings is 1. The van der Waals surface area contributed by atoms with Crippen LogP contribution in [0.1, 0.15) is 49.3 Å². The number of phenols is 1. The number of hydrogen-bond acceptors (Lipinski definition) is 4. The van der Waals surface area contributed by atoms with Crippen molar-refractivity contribution in [2.75, 3.05) is 7.11 Å². The van der Waals surface area contributed by atoms with Crippen LogP contribution in [0.25, 0.3) is 0 Å². The molecule has 1 aromatic carbocycles. The van der Waals surface area contributed by atoms with Crippen LogP contribution in [0.4, 0.5) is 0 Å².